The number of nitrogens with zero attached hydrogens (tertiary/aromatic N) is 4. The molecular weight excluding hydrogens is 426 g/mol. The molecule has 1 aliphatic heterocycles. The van der Waals surface area contributed by atoms with Crippen molar-refractivity contribution in [3.8, 4) is 0 Å². The summed E-state index contributed by atoms with van der Waals surface area (Å²) in [6.07, 6.45) is 3.47. The van der Waals surface area contributed by atoms with Crippen molar-refractivity contribution in [1.82, 2.24) is 15.3 Å². The Bertz CT molecular complexity index is 1040. The van der Waals surface area contributed by atoms with Crippen LogP contribution in [0.1, 0.15) is 18.7 Å². The first-order valence-electron chi connectivity index (χ1n) is 10.5. The number of anilines is 1. The fourth-order valence-corrected chi connectivity index (χ4v) is 5.05. The third-order valence-electron chi connectivity index (χ3n) is 5.38. The maximum absolute atomic E-state index is 12.2. The van der Waals surface area contributed by atoms with Gasteiger partial charge in [-0.2, -0.15) is 5.10 Å². The lowest BCUT2D eigenvalue weighted by molar-refractivity contribution is -0.118. The smallest absolute Gasteiger partial charge is 0.250 e. The second-order valence-electron chi connectivity index (χ2n) is 7.72. The molecule has 8 heteroatoms. The van der Waals surface area contributed by atoms with Gasteiger partial charge in [0.05, 0.1) is 17.5 Å². The van der Waals surface area contributed by atoms with Crippen LogP contribution in [0.2, 0.25) is 0 Å². The third kappa shape index (κ3) is 5.64. The van der Waals surface area contributed by atoms with Gasteiger partial charge in [-0.05, 0) is 49.6 Å². The average molecular weight is 454 g/mol. The van der Waals surface area contributed by atoms with Crippen LogP contribution in [0.5, 0.6) is 0 Å². The van der Waals surface area contributed by atoms with Gasteiger partial charge in [0.2, 0.25) is 5.91 Å². The monoisotopic (exact) mass is 453 g/mol. The summed E-state index contributed by atoms with van der Waals surface area (Å²) in [6, 6.07) is 12.9. The van der Waals surface area contributed by atoms with E-state index in [1.807, 2.05) is 23.6 Å². The molecule has 1 fully saturated rings. The van der Waals surface area contributed by atoms with Crippen molar-refractivity contribution in [2.45, 2.75) is 24.8 Å². The summed E-state index contributed by atoms with van der Waals surface area (Å²) in [6.45, 7) is 8.72. The number of benzene rings is 1. The van der Waals surface area contributed by atoms with Gasteiger partial charge in [0, 0.05) is 59.3 Å². The fraction of sp³-hybridized carbons (Fsp3) is 0.348. The first-order chi connectivity index (χ1) is 15.1. The third-order valence-corrected chi connectivity index (χ3v) is 7.26. The predicted octanol–water partition coefficient (Wildman–Crippen LogP) is 4.07. The van der Waals surface area contributed by atoms with Gasteiger partial charge in [-0.1, -0.05) is 6.07 Å². The van der Waals surface area contributed by atoms with Crippen molar-refractivity contribution < 1.29 is 4.79 Å². The first-order valence-corrected chi connectivity index (χ1v) is 12.3. The molecule has 1 aromatic carbocycles. The Labute approximate surface area is 191 Å². The van der Waals surface area contributed by atoms with Gasteiger partial charge in [-0.15, -0.1) is 23.1 Å². The molecule has 2 aromatic heterocycles. The van der Waals surface area contributed by atoms with Crippen LogP contribution in [0, 0.1) is 0 Å². The van der Waals surface area contributed by atoms with E-state index in [9.17, 15) is 4.79 Å². The number of thiophene rings is 1. The standard InChI is InChI=1S/C23H27N5OS2/c1-17(2)27-9-11-28(12-10-27)18-5-6-21-20(14-18)22(7-8-24-21)31-16-23(29)26-25-15-19-4-3-13-30-19/h3-8,13-15,17H,9-12,16H2,1-2H3,(H,26,29)/b25-15+. The lowest BCUT2D eigenvalue weighted by Gasteiger charge is -2.38. The molecule has 6 nitrogen and oxygen atoms in total. The number of aromatic nitrogens is 1. The quantitative estimate of drug-likeness (QED) is 0.332. The number of fused-ring (bicyclic) bond motifs is 1. The number of carbonyl (C=O) groups excluding carboxylic acids is 1. The minimum Gasteiger partial charge on any atom is -0.369 e. The molecule has 0 unspecified atom stereocenters. The van der Waals surface area contributed by atoms with Crippen LogP contribution < -0.4 is 10.3 Å². The molecule has 0 spiro atoms. The number of nitrogens with one attached hydrogen (secondary N) is 1. The average Bonchev–Trinajstić information content (AvgIpc) is 3.31. The molecule has 0 bridgehead atoms. The highest BCUT2D eigenvalue weighted by Gasteiger charge is 2.19. The minimum absolute atomic E-state index is 0.122. The van der Waals surface area contributed by atoms with E-state index < -0.39 is 0 Å². The second-order valence-corrected chi connectivity index (χ2v) is 9.72. The number of hydrogen-bond acceptors (Lipinski definition) is 7. The number of carbonyl (C=O) groups is 1. The normalized spacial score (nSPS) is 15.3. The van der Waals surface area contributed by atoms with Gasteiger partial charge in [0.1, 0.15) is 0 Å². The molecular formula is C23H27N5OS2. The van der Waals surface area contributed by atoms with Gasteiger partial charge in [0.25, 0.3) is 0 Å². The van der Waals surface area contributed by atoms with Crippen molar-refractivity contribution >= 4 is 51.8 Å². The van der Waals surface area contributed by atoms with E-state index in [1.54, 1.807) is 23.7 Å². The molecule has 3 aromatic rings. The van der Waals surface area contributed by atoms with E-state index in [0.717, 1.165) is 46.9 Å². The second kappa shape index (κ2) is 10.3. The summed E-state index contributed by atoms with van der Waals surface area (Å²) in [4.78, 5) is 23.7. The first kappa shape index (κ1) is 21.8. The molecule has 31 heavy (non-hydrogen) atoms. The zero-order valence-electron chi connectivity index (χ0n) is 17.8. The van der Waals surface area contributed by atoms with Crippen molar-refractivity contribution in [2.24, 2.45) is 5.10 Å². The molecule has 1 amide bonds. The SMILES string of the molecule is CC(C)N1CCN(c2ccc3nccc(SCC(=O)N/N=C/c4cccs4)c3c2)CC1. The summed E-state index contributed by atoms with van der Waals surface area (Å²) in [5, 5.41) is 7.10. The Kier molecular flexibility index (Phi) is 7.21. The summed E-state index contributed by atoms with van der Waals surface area (Å²) in [7, 11) is 0. The number of rotatable bonds is 7. The molecule has 0 aliphatic carbocycles. The van der Waals surface area contributed by atoms with Gasteiger partial charge in [-0.25, -0.2) is 5.43 Å². The lowest BCUT2D eigenvalue weighted by Crippen LogP contribution is -2.48. The summed E-state index contributed by atoms with van der Waals surface area (Å²) < 4.78 is 0. The molecule has 1 saturated heterocycles. The lowest BCUT2D eigenvalue weighted by atomic mass is 10.1. The van der Waals surface area contributed by atoms with E-state index in [1.165, 1.54) is 17.4 Å². The highest BCUT2D eigenvalue weighted by Crippen LogP contribution is 2.30. The van der Waals surface area contributed by atoms with Crippen LogP contribution in [-0.2, 0) is 4.79 Å². The van der Waals surface area contributed by atoms with Crippen molar-refractivity contribution in [1.29, 1.82) is 0 Å². The number of piperazine rings is 1. The van der Waals surface area contributed by atoms with Gasteiger partial charge in [-0.3, -0.25) is 14.7 Å². The van der Waals surface area contributed by atoms with E-state index in [0.29, 0.717) is 11.8 Å². The van der Waals surface area contributed by atoms with Gasteiger partial charge < -0.3 is 4.90 Å². The Hall–Kier alpha value is -2.42. The van der Waals surface area contributed by atoms with Crippen LogP contribution in [-0.4, -0.2) is 60.0 Å². The number of thioether (sulfide) groups is 1. The van der Waals surface area contributed by atoms with Crippen molar-refractivity contribution in [3.63, 3.8) is 0 Å². The summed E-state index contributed by atoms with van der Waals surface area (Å²) >= 11 is 3.10. The molecule has 0 saturated carbocycles. The predicted molar refractivity (Wildman–Crippen MR) is 131 cm³/mol. The molecule has 0 radical (unpaired) electrons. The Morgan fingerprint density at radius 1 is 1.26 bits per heavy atom. The topological polar surface area (TPSA) is 60.8 Å². The van der Waals surface area contributed by atoms with E-state index in [-0.39, 0.29) is 5.91 Å². The van der Waals surface area contributed by atoms with Crippen molar-refractivity contribution in [3.05, 3.63) is 52.9 Å². The minimum atomic E-state index is -0.122. The zero-order valence-corrected chi connectivity index (χ0v) is 19.5. The largest absolute Gasteiger partial charge is 0.369 e. The molecule has 3 heterocycles. The molecule has 162 valence electrons. The maximum Gasteiger partial charge on any atom is 0.250 e. The zero-order chi connectivity index (χ0) is 21.6. The highest BCUT2D eigenvalue weighted by molar-refractivity contribution is 8.00. The van der Waals surface area contributed by atoms with Gasteiger partial charge >= 0.3 is 0 Å². The van der Waals surface area contributed by atoms with Crippen LogP contribution in [0.4, 0.5) is 5.69 Å². The Balaban J connectivity index is 1.41. The van der Waals surface area contributed by atoms with E-state index in [2.05, 4.69) is 57.4 Å². The number of hydrogen-bond donors (Lipinski definition) is 1. The molecule has 1 aliphatic rings. The van der Waals surface area contributed by atoms with Crippen LogP contribution in [0.3, 0.4) is 0 Å². The molecule has 1 N–H and O–H groups in total. The van der Waals surface area contributed by atoms with E-state index in [4.69, 9.17) is 0 Å². The maximum atomic E-state index is 12.2. The number of hydrazone groups is 1. The van der Waals surface area contributed by atoms with Crippen LogP contribution in [0.25, 0.3) is 10.9 Å². The number of pyridine rings is 1. The van der Waals surface area contributed by atoms with Crippen LogP contribution in [0.15, 0.2) is 58.0 Å². The van der Waals surface area contributed by atoms with Gasteiger partial charge in [0.15, 0.2) is 0 Å². The summed E-state index contributed by atoms with van der Waals surface area (Å²) in [5.74, 6) is 0.182. The van der Waals surface area contributed by atoms with E-state index >= 15 is 0 Å². The molecule has 4 rings (SSSR count). The summed E-state index contributed by atoms with van der Waals surface area (Å²) in [5.41, 5.74) is 4.77. The Morgan fingerprint density at radius 2 is 2.10 bits per heavy atom. The fourth-order valence-electron chi connectivity index (χ4n) is 3.64. The van der Waals surface area contributed by atoms with Crippen molar-refractivity contribution in [2.75, 3.05) is 36.8 Å². The Morgan fingerprint density at radius 3 is 2.84 bits per heavy atom. The number of amides is 1. The molecule has 0 atom stereocenters. The highest BCUT2D eigenvalue weighted by atomic mass is 32.2. The van der Waals surface area contributed by atoms with Crippen LogP contribution >= 0.6 is 23.1 Å².